The highest BCUT2D eigenvalue weighted by atomic mass is 32.1. The van der Waals surface area contributed by atoms with Gasteiger partial charge in [0.1, 0.15) is 5.60 Å². The summed E-state index contributed by atoms with van der Waals surface area (Å²) in [5.74, 6) is 0.689. The minimum atomic E-state index is -0.464. The van der Waals surface area contributed by atoms with Crippen LogP contribution in [0.5, 0.6) is 0 Å². The van der Waals surface area contributed by atoms with Gasteiger partial charge in [0.15, 0.2) is 11.0 Å². The van der Waals surface area contributed by atoms with Crippen molar-refractivity contribution in [3.05, 3.63) is 24.7 Å². The Labute approximate surface area is 145 Å². The third-order valence-electron chi connectivity index (χ3n) is 3.48. The maximum absolute atomic E-state index is 12.1. The van der Waals surface area contributed by atoms with E-state index in [-0.39, 0.29) is 6.09 Å². The summed E-state index contributed by atoms with van der Waals surface area (Å²) in [5, 5.41) is 0.932. The molecule has 3 heterocycles. The molecule has 0 radical (unpaired) electrons. The number of ether oxygens (including phenoxy) is 1. The molecule has 0 aromatic carbocycles. The van der Waals surface area contributed by atoms with Crippen molar-refractivity contribution in [3.8, 4) is 10.7 Å². The van der Waals surface area contributed by atoms with E-state index < -0.39 is 5.60 Å². The van der Waals surface area contributed by atoms with Crippen LogP contribution in [0.1, 0.15) is 20.8 Å². The zero-order valence-electron chi connectivity index (χ0n) is 14.1. The lowest BCUT2D eigenvalue weighted by molar-refractivity contribution is 0.0240. The van der Waals surface area contributed by atoms with Gasteiger partial charge in [0, 0.05) is 38.6 Å². The number of hydrogen-bond acceptors (Lipinski definition) is 7. The smallest absolute Gasteiger partial charge is 0.410 e. The molecule has 1 saturated heterocycles. The topological polar surface area (TPSA) is 71.5 Å². The average Bonchev–Trinajstić information content (AvgIpc) is 3.04. The van der Waals surface area contributed by atoms with E-state index in [4.69, 9.17) is 4.74 Å². The second kappa shape index (κ2) is 6.72. The van der Waals surface area contributed by atoms with E-state index in [1.54, 1.807) is 40.9 Å². The summed E-state index contributed by atoms with van der Waals surface area (Å²) in [4.78, 5) is 29.9. The number of carbonyl (C=O) groups excluding carboxylic acids is 1. The van der Waals surface area contributed by atoms with Gasteiger partial charge in [-0.2, -0.15) is 0 Å². The summed E-state index contributed by atoms with van der Waals surface area (Å²) in [5.41, 5.74) is -0.464. The van der Waals surface area contributed by atoms with Gasteiger partial charge in [0.05, 0.1) is 11.1 Å². The lowest BCUT2D eigenvalue weighted by Crippen LogP contribution is -2.50. The first-order chi connectivity index (χ1) is 11.4. The number of hydrogen-bond donors (Lipinski definition) is 0. The third-order valence-corrected chi connectivity index (χ3v) is 4.54. The van der Waals surface area contributed by atoms with Crippen molar-refractivity contribution in [2.24, 2.45) is 0 Å². The maximum Gasteiger partial charge on any atom is 0.410 e. The maximum atomic E-state index is 12.1. The molecular weight excluding hydrogens is 326 g/mol. The molecule has 1 fully saturated rings. The standard InChI is InChI=1S/C16H21N5O2S/c1-16(2,3)23-15(22)21-9-7-20(8-10-21)14-19-11-12(24-14)13-17-5-4-6-18-13/h4-6,11H,7-10H2,1-3H3. The highest BCUT2D eigenvalue weighted by Gasteiger charge is 2.26. The molecule has 2 aromatic heterocycles. The molecule has 0 bridgehead atoms. The van der Waals surface area contributed by atoms with E-state index in [0.29, 0.717) is 18.9 Å². The second-order valence-corrected chi connectivity index (χ2v) is 7.54. The number of anilines is 1. The Hall–Kier alpha value is -2.22. The van der Waals surface area contributed by atoms with Gasteiger partial charge in [-0.15, -0.1) is 0 Å². The molecule has 0 saturated carbocycles. The Bertz CT molecular complexity index is 690. The summed E-state index contributed by atoms with van der Waals surface area (Å²) in [6.07, 6.45) is 5.00. The number of piperazine rings is 1. The Morgan fingerprint density at radius 3 is 2.42 bits per heavy atom. The predicted molar refractivity (Wildman–Crippen MR) is 93.2 cm³/mol. The van der Waals surface area contributed by atoms with Crippen molar-refractivity contribution in [1.82, 2.24) is 19.9 Å². The van der Waals surface area contributed by atoms with Crippen molar-refractivity contribution < 1.29 is 9.53 Å². The van der Waals surface area contributed by atoms with E-state index >= 15 is 0 Å². The summed E-state index contributed by atoms with van der Waals surface area (Å²) in [6.45, 7) is 8.37. The molecule has 3 rings (SSSR count). The van der Waals surface area contributed by atoms with Crippen LogP contribution in [0.2, 0.25) is 0 Å². The third kappa shape index (κ3) is 4.00. The average molecular weight is 347 g/mol. The van der Waals surface area contributed by atoms with Gasteiger partial charge in [-0.3, -0.25) is 0 Å². The molecular formula is C16H21N5O2S. The van der Waals surface area contributed by atoms with Crippen LogP contribution in [0.15, 0.2) is 24.7 Å². The number of thiazole rings is 1. The van der Waals surface area contributed by atoms with Crippen LogP contribution in [-0.4, -0.2) is 57.7 Å². The Balaban J connectivity index is 1.59. The minimum Gasteiger partial charge on any atom is -0.444 e. The highest BCUT2D eigenvalue weighted by molar-refractivity contribution is 7.18. The molecule has 1 aliphatic heterocycles. The Kier molecular flexibility index (Phi) is 4.66. The number of rotatable bonds is 2. The SMILES string of the molecule is CC(C)(C)OC(=O)N1CCN(c2ncc(-c3ncccn3)s2)CC1. The predicted octanol–water partition coefficient (Wildman–Crippen LogP) is 2.66. The largest absolute Gasteiger partial charge is 0.444 e. The van der Waals surface area contributed by atoms with Crippen molar-refractivity contribution in [2.75, 3.05) is 31.1 Å². The van der Waals surface area contributed by atoms with Gasteiger partial charge in [-0.1, -0.05) is 11.3 Å². The molecule has 0 atom stereocenters. The lowest BCUT2D eigenvalue weighted by Gasteiger charge is -2.35. The van der Waals surface area contributed by atoms with E-state index in [1.807, 2.05) is 20.8 Å². The number of aromatic nitrogens is 3. The first kappa shape index (κ1) is 16.6. The summed E-state index contributed by atoms with van der Waals surface area (Å²) in [7, 11) is 0. The van der Waals surface area contributed by atoms with Crippen molar-refractivity contribution >= 4 is 22.6 Å². The van der Waals surface area contributed by atoms with Gasteiger partial charge in [-0.25, -0.2) is 19.7 Å². The van der Waals surface area contributed by atoms with Crippen molar-refractivity contribution in [2.45, 2.75) is 26.4 Å². The molecule has 0 unspecified atom stereocenters. The molecule has 1 amide bonds. The van der Waals surface area contributed by atoms with Gasteiger partial charge >= 0.3 is 6.09 Å². The fraction of sp³-hybridized carbons (Fsp3) is 0.500. The second-order valence-electron chi connectivity index (χ2n) is 6.53. The van der Waals surface area contributed by atoms with Gasteiger partial charge in [-0.05, 0) is 26.8 Å². The Morgan fingerprint density at radius 1 is 1.12 bits per heavy atom. The van der Waals surface area contributed by atoms with Crippen LogP contribution in [0.4, 0.5) is 9.93 Å². The van der Waals surface area contributed by atoms with Gasteiger partial charge < -0.3 is 14.5 Å². The van der Waals surface area contributed by atoms with E-state index in [0.717, 1.165) is 23.1 Å². The molecule has 0 N–H and O–H groups in total. The van der Waals surface area contributed by atoms with E-state index in [1.165, 1.54) is 0 Å². The van der Waals surface area contributed by atoms with Gasteiger partial charge in [0.2, 0.25) is 0 Å². The van der Waals surface area contributed by atoms with Crippen LogP contribution >= 0.6 is 11.3 Å². The normalized spacial score (nSPS) is 15.5. The molecule has 128 valence electrons. The lowest BCUT2D eigenvalue weighted by atomic mass is 10.2. The number of amides is 1. The summed E-state index contributed by atoms with van der Waals surface area (Å²) in [6, 6.07) is 1.79. The molecule has 24 heavy (non-hydrogen) atoms. The number of carbonyl (C=O) groups is 1. The molecule has 0 aliphatic carbocycles. The molecule has 8 heteroatoms. The molecule has 7 nitrogen and oxygen atoms in total. The monoisotopic (exact) mass is 347 g/mol. The van der Waals surface area contributed by atoms with Crippen molar-refractivity contribution in [3.63, 3.8) is 0 Å². The van der Waals surface area contributed by atoms with E-state index in [2.05, 4.69) is 19.9 Å². The van der Waals surface area contributed by atoms with Crippen LogP contribution in [-0.2, 0) is 4.74 Å². The zero-order valence-corrected chi connectivity index (χ0v) is 14.9. The highest BCUT2D eigenvalue weighted by Crippen LogP contribution is 2.29. The summed E-state index contributed by atoms with van der Waals surface area (Å²) < 4.78 is 5.42. The van der Waals surface area contributed by atoms with Crippen LogP contribution in [0.3, 0.4) is 0 Å². The zero-order chi connectivity index (χ0) is 17.2. The fourth-order valence-corrected chi connectivity index (χ4v) is 3.26. The van der Waals surface area contributed by atoms with Gasteiger partial charge in [0.25, 0.3) is 0 Å². The van der Waals surface area contributed by atoms with Crippen LogP contribution < -0.4 is 4.90 Å². The first-order valence-electron chi connectivity index (χ1n) is 7.88. The Morgan fingerprint density at radius 2 is 1.79 bits per heavy atom. The van der Waals surface area contributed by atoms with E-state index in [9.17, 15) is 4.79 Å². The molecule has 1 aliphatic rings. The van der Waals surface area contributed by atoms with Crippen molar-refractivity contribution in [1.29, 1.82) is 0 Å². The van der Waals surface area contributed by atoms with Crippen LogP contribution in [0.25, 0.3) is 10.7 Å². The fourth-order valence-electron chi connectivity index (χ4n) is 2.35. The first-order valence-corrected chi connectivity index (χ1v) is 8.70. The molecule has 2 aromatic rings. The summed E-state index contributed by atoms with van der Waals surface area (Å²) >= 11 is 1.57. The minimum absolute atomic E-state index is 0.250. The quantitative estimate of drug-likeness (QED) is 0.832. The number of nitrogens with zero attached hydrogens (tertiary/aromatic N) is 5. The molecule has 0 spiro atoms. The van der Waals surface area contributed by atoms with Crippen LogP contribution in [0, 0.1) is 0 Å².